The van der Waals surface area contributed by atoms with E-state index >= 15 is 0 Å². The van der Waals surface area contributed by atoms with Crippen molar-refractivity contribution in [2.45, 2.75) is 51.1 Å². The zero-order chi connectivity index (χ0) is 15.5. The molecule has 1 saturated carbocycles. The number of amides is 1. The summed E-state index contributed by atoms with van der Waals surface area (Å²) in [4.78, 5) is 23.8. The number of hydrogen-bond acceptors (Lipinski definition) is 3. The highest BCUT2D eigenvalue weighted by molar-refractivity contribution is 5.82. The highest BCUT2D eigenvalue weighted by Gasteiger charge is 2.73. The van der Waals surface area contributed by atoms with Crippen LogP contribution in [0.5, 0.6) is 0 Å². The van der Waals surface area contributed by atoms with Crippen LogP contribution in [-0.4, -0.2) is 45.9 Å². The van der Waals surface area contributed by atoms with Crippen LogP contribution in [0.25, 0.3) is 0 Å². The maximum absolute atomic E-state index is 12.7. The van der Waals surface area contributed by atoms with E-state index in [1.54, 1.807) is 20.8 Å². The van der Waals surface area contributed by atoms with Crippen LogP contribution >= 0.6 is 0 Å². The summed E-state index contributed by atoms with van der Waals surface area (Å²) in [5.41, 5.74) is -0.888. The van der Waals surface area contributed by atoms with E-state index in [2.05, 4.69) is 0 Å². The van der Waals surface area contributed by atoms with E-state index in [1.165, 1.54) is 0 Å². The molecule has 1 aliphatic heterocycles. The third-order valence-corrected chi connectivity index (χ3v) is 3.55. The van der Waals surface area contributed by atoms with Gasteiger partial charge in [0.2, 0.25) is 0 Å². The van der Waals surface area contributed by atoms with E-state index in [9.17, 15) is 22.8 Å². The Morgan fingerprint density at radius 1 is 1.25 bits per heavy atom. The van der Waals surface area contributed by atoms with Gasteiger partial charge in [0, 0.05) is 0 Å². The number of rotatable bonds is 1. The van der Waals surface area contributed by atoms with Crippen molar-refractivity contribution in [2.24, 2.45) is 11.8 Å². The van der Waals surface area contributed by atoms with Crippen molar-refractivity contribution in [3.63, 3.8) is 0 Å². The molecule has 1 saturated heterocycles. The average molecular weight is 295 g/mol. The zero-order valence-corrected chi connectivity index (χ0v) is 11.3. The first kappa shape index (κ1) is 14.9. The lowest BCUT2D eigenvalue weighted by Gasteiger charge is -2.29. The van der Waals surface area contributed by atoms with Crippen molar-refractivity contribution in [3.05, 3.63) is 0 Å². The number of carboxylic acid groups (broad SMARTS) is 1. The number of nitrogens with zero attached hydrogens (tertiary/aromatic N) is 1. The zero-order valence-electron chi connectivity index (χ0n) is 11.3. The van der Waals surface area contributed by atoms with Gasteiger partial charge in [-0.1, -0.05) is 0 Å². The number of ether oxygens (including phenoxy) is 1. The number of hydrogen-bond donors (Lipinski definition) is 1. The average Bonchev–Trinajstić information content (AvgIpc) is 2.77. The maximum Gasteiger partial charge on any atom is 0.411 e. The number of fused-ring (bicyclic) bond motifs is 1. The summed E-state index contributed by atoms with van der Waals surface area (Å²) < 4.78 is 43.2. The predicted octanol–water partition coefficient (Wildman–Crippen LogP) is 2.26. The molecule has 1 heterocycles. The summed E-state index contributed by atoms with van der Waals surface area (Å²) >= 11 is 0. The summed E-state index contributed by atoms with van der Waals surface area (Å²) in [7, 11) is 0. The molecule has 0 radical (unpaired) electrons. The van der Waals surface area contributed by atoms with Crippen LogP contribution in [0.2, 0.25) is 0 Å². The maximum atomic E-state index is 12.7. The minimum absolute atomic E-state index is 0.177. The van der Waals surface area contributed by atoms with Crippen molar-refractivity contribution in [1.29, 1.82) is 0 Å². The molecule has 5 nitrogen and oxygen atoms in total. The van der Waals surface area contributed by atoms with Gasteiger partial charge in [0.15, 0.2) is 0 Å². The van der Waals surface area contributed by atoms with Gasteiger partial charge in [0.25, 0.3) is 0 Å². The molecule has 1 aliphatic carbocycles. The van der Waals surface area contributed by atoms with Crippen molar-refractivity contribution < 1.29 is 32.6 Å². The third kappa shape index (κ3) is 2.55. The Morgan fingerprint density at radius 2 is 1.80 bits per heavy atom. The number of carboxylic acids is 1. The van der Waals surface area contributed by atoms with Crippen molar-refractivity contribution in [2.75, 3.05) is 0 Å². The lowest BCUT2D eigenvalue weighted by Crippen LogP contribution is -2.47. The van der Waals surface area contributed by atoms with E-state index in [-0.39, 0.29) is 6.42 Å². The fourth-order valence-corrected chi connectivity index (χ4v) is 2.82. The SMILES string of the molecule is CC(C)(C)OC(=O)N1[C@H](C(=O)O)C[C@@H]2C(C(F)(F)F)[C@@H]21. The predicted molar refractivity (Wildman–Crippen MR) is 60.9 cm³/mol. The van der Waals surface area contributed by atoms with Gasteiger partial charge < -0.3 is 9.84 Å². The second-order valence-electron chi connectivity index (χ2n) is 6.20. The minimum Gasteiger partial charge on any atom is -0.480 e. The van der Waals surface area contributed by atoms with Gasteiger partial charge in [-0.15, -0.1) is 0 Å². The van der Waals surface area contributed by atoms with Gasteiger partial charge in [-0.3, -0.25) is 4.90 Å². The van der Waals surface area contributed by atoms with E-state index in [1.807, 2.05) is 0 Å². The summed E-state index contributed by atoms with van der Waals surface area (Å²) in [5.74, 6) is -3.77. The molecule has 1 amide bonds. The van der Waals surface area contributed by atoms with Gasteiger partial charge in [0.1, 0.15) is 11.6 Å². The molecular formula is C12H16F3NO4. The Hall–Kier alpha value is -1.47. The molecule has 1 unspecified atom stereocenters. The van der Waals surface area contributed by atoms with Crippen molar-refractivity contribution in [3.8, 4) is 0 Å². The van der Waals surface area contributed by atoms with Gasteiger partial charge in [-0.25, -0.2) is 9.59 Å². The summed E-state index contributed by atoms with van der Waals surface area (Å²) in [5, 5.41) is 9.03. The number of likely N-dealkylation sites (tertiary alicyclic amines) is 1. The molecule has 1 N–H and O–H groups in total. The van der Waals surface area contributed by atoms with Crippen LogP contribution in [0.3, 0.4) is 0 Å². The lowest BCUT2D eigenvalue weighted by molar-refractivity contribution is -0.162. The van der Waals surface area contributed by atoms with Gasteiger partial charge in [0.05, 0.1) is 12.0 Å². The van der Waals surface area contributed by atoms with Crippen LogP contribution in [0.15, 0.2) is 0 Å². The van der Waals surface area contributed by atoms with Crippen molar-refractivity contribution in [1.82, 2.24) is 4.90 Å². The summed E-state index contributed by atoms with van der Waals surface area (Å²) in [6, 6.07) is -2.34. The quantitative estimate of drug-likeness (QED) is 0.805. The molecule has 0 bridgehead atoms. The van der Waals surface area contributed by atoms with Crippen LogP contribution in [0, 0.1) is 11.8 Å². The van der Waals surface area contributed by atoms with Crippen LogP contribution in [0.4, 0.5) is 18.0 Å². The third-order valence-electron chi connectivity index (χ3n) is 3.55. The van der Waals surface area contributed by atoms with E-state index < -0.39 is 47.8 Å². The molecule has 0 aromatic heterocycles. The van der Waals surface area contributed by atoms with Gasteiger partial charge >= 0.3 is 18.2 Å². The van der Waals surface area contributed by atoms with Crippen LogP contribution in [-0.2, 0) is 9.53 Å². The number of alkyl halides is 3. The normalized spacial score (nSPS) is 32.8. The monoisotopic (exact) mass is 295 g/mol. The number of carbonyl (C=O) groups excluding carboxylic acids is 1. The largest absolute Gasteiger partial charge is 0.480 e. The fraction of sp³-hybridized carbons (Fsp3) is 0.833. The highest BCUT2D eigenvalue weighted by Crippen LogP contribution is 2.60. The number of carbonyl (C=O) groups is 2. The minimum atomic E-state index is -4.42. The van der Waals surface area contributed by atoms with E-state index in [4.69, 9.17) is 9.84 Å². The van der Waals surface area contributed by atoms with Crippen LogP contribution < -0.4 is 0 Å². The fourth-order valence-electron chi connectivity index (χ4n) is 2.82. The molecule has 2 fully saturated rings. The number of piperidine rings is 1. The lowest BCUT2D eigenvalue weighted by atomic mass is 10.1. The Bertz CT molecular complexity index is 443. The van der Waals surface area contributed by atoms with Crippen molar-refractivity contribution >= 4 is 12.1 Å². The second kappa shape index (κ2) is 4.26. The van der Waals surface area contributed by atoms with Gasteiger partial charge in [-0.2, -0.15) is 13.2 Å². The Morgan fingerprint density at radius 3 is 2.20 bits per heavy atom. The summed E-state index contributed by atoms with van der Waals surface area (Å²) in [6.07, 6.45) is -5.59. The van der Waals surface area contributed by atoms with Gasteiger partial charge in [-0.05, 0) is 33.1 Å². The van der Waals surface area contributed by atoms with E-state index in [0.717, 1.165) is 4.90 Å². The smallest absolute Gasteiger partial charge is 0.411 e. The molecule has 4 atom stereocenters. The molecular weight excluding hydrogens is 279 g/mol. The highest BCUT2D eigenvalue weighted by atomic mass is 19.4. The molecule has 114 valence electrons. The summed E-state index contributed by atoms with van der Waals surface area (Å²) in [6.45, 7) is 4.72. The molecule has 8 heteroatoms. The molecule has 0 aromatic carbocycles. The Balaban J connectivity index is 2.18. The first-order valence-corrected chi connectivity index (χ1v) is 6.24. The standard InChI is InChI=1S/C12H16F3NO4/c1-11(2,3)20-10(19)16-6(9(17)18)4-5-7(8(5)16)12(13,14)15/h5-8H,4H2,1-3H3,(H,17,18)/t5-,6+,7?,8-/m1/s1. The Kier molecular flexibility index (Phi) is 3.18. The first-order chi connectivity index (χ1) is 8.93. The molecule has 2 aliphatic rings. The molecule has 0 aromatic rings. The number of halogens is 3. The molecule has 20 heavy (non-hydrogen) atoms. The first-order valence-electron chi connectivity index (χ1n) is 6.24. The second-order valence-corrected chi connectivity index (χ2v) is 6.20. The Labute approximate surface area is 113 Å². The van der Waals surface area contributed by atoms with Crippen LogP contribution in [0.1, 0.15) is 27.2 Å². The number of aliphatic carboxylic acids is 1. The topological polar surface area (TPSA) is 66.8 Å². The molecule has 2 rings (SSSR count). The van der Waals surface area contributed by atoms with E-state index in [0.29, 0.717) is 0 Å². The molecule has 0 spiro atoms.